The zero-order valence-corrected chi connectivity index (χ0v) is 8.67. The first kappa shape index (κ1) is 9.97. The molecule has 0 fully saturated rings. The van der Waals surface area contributed by atoms with Gasteiger partial charge in [-0.15, -0.1) is 0 Å². The van der Waals surface area contributed by atoms with Crippen molar-refractivity contribution in [2.45, 2.75) is 33.1 Å². The zero-order valence-electron chi connectivity index (χ0n) is 8.67. The largest absolute Gasteiger partial charge is 0.264 e. The van der Waals surface area contributed by atoms with E-state index in [4.69, 9.17) is 0 Å². The normalized spacial score (nSPS) is 10.5. The number of nitrogens with zero attached hydrogens (tertiary/aromatic N) is 1. The number of para-hydroxylation sites is 1. The van der Waals surface area contributed by atoms with Crippen molar-refractivity contribution in [2.75, 3.05) is 0 Å². The lowest BCUT2D eigenvalue weighted by Crippen LogP contribution is -1.91. The maximum Gasteiger partial charge on any atom is 0.0688 e. The SMILES string of the molecule is C=Nc1c(CC)cccc1C(C)C. The van der Waals surface area contributed by atoms with Crippen molar-refractivity contribution < 1.29 is 0 Å². The Balaban J connectivity index is 3.27. The minimum Gasteiger partial charge on any atom is -0.264 e. The third-order valence-electron chi connectivity index (χ3n) is 2.31. The topological polar surface area (TPSA) is 12.4 Å². The molecule has 0 radical (unpaired) electrons. The molecule has 1 nitrogen and oxygen atoms in total. The maximum atomic E-state index is 4.11. The van der Waals surface area contributed by atoms with E-state index in [1.165, 1.54) is 11.1 Å². The highest BCUT2D eigenvalue weighted by atomic mass is 14.7. The van der Waals surface area contributed by atoms with Crippen LogP contribution in [0.5, 0.6) is 0 Å². The first-order chi connectivity index (χ1) is 6.20. The van der Waals surface area contributed by atoms with Crippen LogP contribution in [-0.2, 0) is 6.42 Å². The number of aryl methyl sites for hydroxylation is 1. The number of hydrogen-bond acceptors (Lipinski definition) is 1. The molecule has 0 saturated carbocycles. The van der Waals surface area contributed by atoms with Crippen molar-refractivity contribution in [2.24, 2.45) is 4.99 Å². The van der Waals surface area contributed by atoms with Crippen molar-refractivity contribution >= 4 is 12.4 Å². The fourth-order valence-electron chi connectivity index (χ4n) is 1.56. The molecule has 13 heavy (non-hydrogen) atoms. The minimum absolute atomic E-state index is 0.520. The fourth-order valence-corrected chi connectivity index (χ4v) is 1.56. The van der Waals surface area contributed by atoms with E-state index in [0.717, 1.165) is 12.1 Å². The highest BCUT2D eigenvalue weighted by Crippen LogP contribution is 2.30. The van der Waals surface area contributed by atoms with E-state index in [9.17, 15) is 0 Å². The molecule has 0 aliphatic rings. The summed E-state index contributed by atoms with van der Waals surface area (Å²) in [6.45, 7) is 10.1. The maximum absolute atomic E-state index is 4.11. The van der Waals surface area contributed by atoms with E-state index in [0.29, 0.717) is 5.92 Å². The van der Waals surface area contributed by atoms with E-state index in [1.807, 2.05) is 0 Å². The lowest BCUT2D eigenvalue weighted by molar-refractivity contribution is 0.863. The van der Waals surface area contributed by atoms with Crippen LogP contribution in [-0.4, -0.2) is 6.72 Å². The second kappa shape index (κ2) is 4.22. The summed E-state index contributed by atoms with van der Waals surface area (Å²) in [6.07, 6.45) is 1.02. The Hall–Kier alpha value is -1.11. The van der Waals surface area contributed by atoms with Crippen LogP contribution in [0.2, 0.25) is 0 Å². The first-order valence-corrected chi connectivity index (χ1v) is 4.79. The summed E-state index contributed by atoms with van der Waals surface area (Å²) in [6, 6.07) is 6.35. The highest BCUT2D eigenvalue weighted by Gasteiger charge is 2.07. The molecule has 0 aliphatic carbocycles. The molecule has 0 unspecified atom stereocenters. The van der Waals surface area contributed by atoms with Gasteiger partial charge in [0.05, 0.1) is 5.69 Å². The third kappa shape index (κ3) is 1.97. The van der Waals surface area contributed by atoms with Gasteiger partial charge in [0.25, 0.3) is 0 Å². The Morgan fingerprint density at radius 3 is 2.54 bits per heavy atom. The molecule has 1 heteroatoms. The Kier molecular flexibility index (Phi) is 3.24. The Bertz CT molecular complexity index is 300. The van der Waals surface area contributed by atoms with Gasteiger partial charge in [0.1, 0.15) is 0 Å². The molecule has 0 amide bonds. The van der Waals surface area contributed by atoms with Gasteiger partial charge < -0.3 is 0 Å². The quantitative estimate of drug-likeness (QED) is 0.621. The number of hydrogen-bond donors (Lipinski definition) is 0. The molecule has 0 heterocycles. The van der Waals surface area contributed by atoms with Crippen LogP contribution in [0.25, 0.3) is 0 Å². The average Bonchev–Trinajstić information content (AvgIpc) is 2.16. The van der Waals surface area contributed by atoms with Crippen LogP contribution in [0, 0.1) is 0 Å². The molecule has 0 saturated heterocycles. The van der Waals surface area contributed by atoms with Crippen molar-refractivity contribution in [3.8, 4) is 0 Å². The molecular weight excluding hydrogens is 158 g/mol. The van der Waals surface area contributed by atoms with E-state index in [2.05, 4.69) is 50.7 Å². The summed E-state index contributed by atoms with van der Waals surface area (Å²) >= 11 is 0. The number of benzene rings is 1. The lowest BCUT2D eigenvalue weighted by atomic mass is 9.97. The third-order valence-corrected chi connectivity index (χ3v) is 2.31. The Morgan fingerprint density at radius 1 is 1.38 bits per heavy atom. The van der Waals surface area contributed by atoms with Crippen molar-refractivity contribution in [3.05, 3.63) is 29.3 Å². The number of rotatable bonds is 3. The predicted molar refractivity (Wildman–Crippen MR) is 59.1 cm³/mol. The van der Waals surface area contributed by atoms with Crippen LogP contribution in [0.3, 0.4) is 0 Å². The lowest BCUT2D eigenvalue weighted by Gasteiger charge is -2.12. The summed E-state index contributed by atoms with van der Waals surface area (Å²) in [5.74, 6) is 0.520. The van der Waals surface area contributed by atoms with Crippen LogP contribution in [0.4, 0.5) is 5.69 Å². The predicted octanol–water partition coefficient (Wildman–Crippen LogP) is 3.70. The van der Waals surface area contributed by atoms with Crippen LogP contribution < -0.4 is 0 Å². The van der Waals surface area contributed by atoms with E-state index in [-0.39, 0.29) is 0 Å². The van der Waals surface area contributed by atoms with E-state index in [1.54, 1.807) is 0 Å². The van der Waals surface area contributed by atoms with Crippen LogP contribution in [0.1, 0.15) is 37.8 Å². The van der Waals surface area contributed by atoms with E-state index < -0.39 is 0 Å². The Labute approximate surface area is 80.5 Å². The molecule has 70 valence electrons. The second-order valence-electron chi connectivity index (χ2n) is 3.52. The molecule has 0 bridgehead atoms. The fraction of sp³-hybridized carbons (Fsp3) is 0.417. The van der Waals surface area contributed by atoms with Gasteiger partial charge in [0, 0.05) is 0 Å². The van der Waals surface area contributed by atoms with Gasteiger partial charge in [-0.3, -0.25) is 4.99 Å². The van der Waals surface area contributed by atoms with Crippen molar-refractivity contribution in [3.63, 3.8) is 0 Å². The molecule has 0 spiro atoms. The molecule has 1 aromatic rings. The second-order valence-corrected chi connectivity index (χ2v) is 3.52. The van der Waals surface area contributed by atoms with Gasteiger partial charge in [0.15, 0.2) is 0 Å². The van der Waals surface area contributed by atoms with Crippen LogP contribution >= 0.6 is 0 Å². The van der Waals surface area contributed by atoms with Gasteiger partial charge in [-0.1, -0.05) is 39.0 Å². The minimum atomic E-state index is 0.520. The Morgan fingerprint density at radius 2 is 2.08 bits per heavy atom. The van der Waals surface area contributed by atoms with Crippen molar-refractivity contribution in [1.82, 2.24) is 0 Å². The first-order valence-electron chi connectivity index (χ1n) is 4.79. The molecular formula is C12H17N. The molecule has 0 atom stereocenters. The number of aliphatic imine (C=N–C) groups is 1. The smallest absolute Gasteiger partial charge is 0.0688 e. The molecule has 1 rings (SSSR count). The van der Waals surface area contributed by atoms with Gasteiger partial charge in [-0.05, 0) is 30.2 Å². The molecule has 0 aliphatic heterocycles. The van der Waals surface area contributed by atoms with Crippen molar-refractivity contribution in [1.29, 1.82) is 0 Å². The van der Waals surface area contributed by atoms with Crippen LogP contribution in [0.15, 0.2) is 23.2 Å². The molecule has 1 aromatic carbocycles. The summed E-state index contributed by atoms with van der Waals surface area (Å²) < 4.78 is 0. The summed E-state index contributed by atoms with van der Waals surface area (Å²) in [4.78, 5) is 4.11. The van der Waals surface area contributed by atoms with Gasteiger partial charge in [-0.25, -0.2) is 0 Å². The highest BCUT2D eigenvalue weighted by molar-refractivity contribution is 5.58. The molecule has 0 N–H and O–H groups in total. The van der Waals surface area contributed by atoms with Gasteiger partial charge >= 0.3 is 0 Å². The zero-order chi connectivity index (χ0) is 9.84. The summed E-state index contributed by atoms with van der Waals surface area (Å²) in [7, 11) is 0. The monoisotopic (exact) mass is 175 g/mol. The average molecular weight is 175 g/mol. The van der Waals surface area contributed by atoms with E-state index >= 15 is 0 Å². The van der Waals surface area contributed by atoms with Gasteiger partial charge in [-0.2, -0.15) is 0 Å². The standard InChI is InChI=1S/C12H17N/c1-5-10-7-6-8-11(9(2)3)12(10)13-4/h6-9H,4-5H2,1-3H3. The summed E-state index contributed by atoms with van der Waals surface area (Å²) in [5, 5.41) is 0. The summed E-state index contributed by atoms with van der Waals surface area (Å²) in [5.41, 5.74) is 3.68. The molecule has 0 aromatic heterocycles. The van der Waals surface area contributed by atoms with Gasteiger partial charge in [0.2, 0.25) is 0 Å².